The van der Waals surface area contributed by atoms with E-state index in [1.54, 1.807) is 6.07 Å². The Labute approximate surface area is 146 Å². The summed E-state index contributed by atoms with van der Waals surface area (Å²) in [6, 6.07) is 25.0. The monoisotopic (exact) mass is 331 g/mol. The SMILES string of the molecule is O=C(Nc1ccccc1-c1ccccc1)[C@@H]1COc2ccccc2O1. The molecule has 124 valence electrons. The smallest absolute Gasteiger partial charge is 0.269 e. The second-order valence-corrected chi connectivity index (χ2v) is 5.77. The lowest BCUT2D eigenvalue weighted by Gasteiger charge is -2.25. The molecule has 3 aromatic rings. The first kappa shape index (κ1) is 15.3. The average Bonchev–Trinajstić information content (AvgIpc) is 2.68. The van der Waals surface area contributed by atoms with Gasteiger partial charge in [-0.25, -0.2) is 0 Å². The number of ether oxygens (including phenoxy) is 2. The number of benzene rings is 3. The van der Waals surface area contributed by atoms with Gasteiger partial charge in [0.15, 0.2) is 11.5 Å². The molecule has 0 saturated heterocycles. The van der Waals surface area contributed by atoms with Crippen molar-refractivity contribution < 1.29 is 14.3 Å². The van der Waals surface area contributed by atoms with E-state index in [1.807, 2.05) is 72.8 Å². The van der Waals surface area contributed by atoms with E-state index in [9.17, 15) is 4.79 Å². The van der Waals surface area contributed by atoms with E-state index in [0.717, 1.165) is 16.8 Å². The van der Waals surface area contributed by atoms with Crippen LogP contribution < -0.4 is 14.8 Å². The summed E-state index contributed by atoms with van der Waals surface area (Å²) in [6.07, 6.45) is -0.682. The first-order chi connectivity index (χ1) is 12.3. The lowest BCUT2D eigenvalue weighted by Crippen LogP contribution is -2.40. The van der Waals surface area contributed by atoms with Crippen molar-refractivity contribution in [3.05, 3.63) is 78.9 Å². The van der Waals surface area contributed by atoms with Crippen LogP contribution in [-0.4, -0.2) is 18.6 Å². The van der Waals surface area contributed by atoms with Gasteiger partial charge in [-0.15, -0.1) is 0 Å². The minimum atomic E-state index is -0.682. The number of anilines is 1. The zero-order valence-corrected chi connectivity index (χ0v) is 13.5. The highest BCUT2D eigenvalue weighted by Gasteiger charge is 2.27. The van der Waals surface area contributed by atoms with E-state index < -0.39 is 6.10 Å². The molecule has 4 rings (SSSR count). The highest BCUT2D eigenvalue weighted by molar-refractivity contribution is 5.98. The van der Waals surface area contributed by atoms with Crippen molar-refractivity contribution in [2.45, 2.75) is 6.10 Å². The second kappa shape index (κ2) is 6.69. The number of carbonyl (C=O) groups excluding carboxylic acids is 1. The molecule has 0 aromatic heterocycles. The van der Waals surface area contributed by atoms with Crippen LogP contribution >= 0.6 is 0 Å². The van der Waals surface area contributed by atoms with Crippen LogP contribution in [0.1, 0.15) is 0 Å². The number of rotatable bonds is 3. The summed E-state index contributed by atoms with van der Waals surface area (Å²) in [6.45, 7) is 0.191. The molecule has 1 aliphatic heterocycles. The van der Waals surface area contributed by atoms with Crippen LogP contribution in [0.5, 0.6) is 11.5 Å². The molecule has 0 aliphatic carbocycles. The number of amides is 1. The van der Waals surface area contributed by atoms with E-state index in [-0.39, 0.29) is 12.5 Å². The normalized spacial score (nSPS) is 15.4. The van der Waals surface area contributed by atoms with Gasteiger partial charge in [0.2, 0.25) is 6.10 Å². The van der Waals surface area contributed by atoms with Gasteiger partial charge in [0.05, 0.1) is 0 Å². The summed E-state index contributed by atoms with van der Waals surface area (Å²) >= 11 is 0. The van der Waals surface area contributed by atoms with E-state index in [2.05, 4.69) is 5.32 Å². The fraction of sp³-hybridized carbons (Fsp3) is 0.0952. The number of hydrogen-bond acceptors (Lipinski definition) is 3. The maximum Gasteiger partial charge on any atom is 0.269 e. The molecule has 0 radical (unpaired) electrons. The predicted octanol–water partition coefficient (Wildman–Crippen LogP) is 4.13. The molecule has 0 unspecified atom stereocenters. The Hall–Kier alpha value is -3.27. The molecule has 1 atom stereocenters. The van der Waals surface area contributed by atoms with Crippen LogP contribution in [0.2, 0.25) is 0 Å². The van der Waals surface area contributed by atoms with Crippen LogP contribution in [0.25, 0.3) is 11.1 Å². The summed E-state index contributed by atoms with van der Waals surface area (Å²) in [5, 5.41) is 2.97. The molecule has 1 amide bonds. The largest absolute Gasteiger partial charge is 0.485 e. The average molecular weight is 331 g/mol. The zero-order chi connectivity index (χ0) is 17.1. The van der Waals surface area contributed by atoms with Gasteiger partial charge in [0.25, 0.3) is 5.91 Å². The quantitative estimate of drug-likeness (QED) is 0.785. The number of carbonyl (C=O) groups is 1. The number of fused-ring (bicyclic) bond motifs is 1. The first-order valence-corrected chi connectivity index (χ1v) is 8.15. The van der Waals surface area contributed by atoms with Gasteiger partial charge >= 0.3 is 0 Å². The lowest BCUT2D eigenvalue weighted by atomic mass is 10.0. The molecule has 1 N–H and O–H groups in total. The number of nitrogens with one attached hydrogen (secondary N) is 1. The number of hydrogen-bond donors (Lipinski definition) is 1. The molecule has 1 aliphatic rings. The van der Waals surface area contributed by atoms with Gasteiger partial charge in [0.1, 0.15) is 6.61 Å². The fourth-order valence-corrected chi connectivity index (χ4v) is 2.82. The topological polar surface area (TPSA) is 47.6 Å². The van der Waals surface area contributed by atoms with Gasteiger partial charge < -0.3 is 14.8 Å². The minimum absolute atomic E-state index is 0.191. The van der Waals surface area contributed by atoms with Gasteiger partial charge in [-0.3, -0.25) is 4.79 Å². The van der Waals surface area contributed by atoms with Crippen molar-refractivity contribution in [3.8, 4) is 22.6 Å². The third-order valence-electron chi connectivity index (χ3n) is 4.07. The zero-order valence-electron chi connectivity index (χ0n) is 13.5. The van der Waals surface area contributed by atoms with Gasteiger partial charge in [0, 0.05) is 11.3 Å². The Morgan fingerprint density at radius 2 is 1.52 bits per heavy atom. The molecule has 1 heterocycles. The van der Waals surface area contributed by atoms with E-state index in [4.69, 9.17) is 9.47 Å². The Morgan fingerprint density at radius 1 is 0.840 bits per heavy atom. The van der Waals surface area contributed by atoms with Crippen molar-refractivity contribution in [2.75, 3.05) is 11.9 Å². The molecule has 0 saturated carbocycles. The molecule has 0 spiro atoms. The molecule has 0 fully saturated rings. The van der Waals surface area contributed by atoms with Gasteiger partial charge in [-0.2, -0.15) is 0 Å². The maximum absolute atomic E-state index is 12.6. The molecule has 3 aromatic carbocycles. The third kappa shape index (κ3) is 3.19. The molecule has 4 nitrogen and oxygen atoms in total. The second-order valence-electron chi connectivity index (χ2n) is 5.77. The van der Waals surface area contributed by atoms with Crippen LogP contribution in [0.3, 0.4) is 0 Å². The fourth-order valence-electron chi connectivity index (χ4n) is 2.82. The molecule has 4 heteroatoms. The van der Waals surface area contributed by atoms with Crippen molar-refractivity contribution in [1.29, 1.82) is 0 Å². The van der Waals surface area contributed by atoms with Gasteiger partial charge in [-0.05, 0) is 23.8 Å². The molecule has 25 heavy (non-hydrogen) atoms. The summed E-state index contributed by atoms with van der Waals surface area (Å²) in [4.78, 5) is 12.6. The minimum Gasteiger partial charge on any atom is -0.485 e. The van der Waals surface area contributed by atoms with Crippen LogP contribution in [-0.2, 0) is 4.79 Å². The number of para-hydroxylation sites is 3. The lowest BCUT2D eigenvalue weighted by molar-refractivity contribution is -0.125. The first-order valence-electron chi connectivity index (χ1n) is 8.15. The van der Waals surface area contributed by atoms with E-state index in [0.29, 0.717) is 11.5 Å². The van der Waals surface area contributed by atoms with Gasteiger partial charge in [-0.1, -0.05) is 60.7 Å². The Morgan fingerprint density at radius 3 is 2.36 bits per heavy atom. The standard InChI is InChI=1S/C21H17NO3/c23-21(20-14-24-18-12-6-7-13-19(18)25-20)22-17-11-5-4-10-16(17)15-8-2-1-3-9-15/h1-13,20H,14H2,(H,22,23)/t20-/m0/s1. The summed E-state index contributed by atoms with van der Waals surface area (Å²) < 4.78 is 11.4. The Bertz CT molecular complexity index is 892. The molecular weight excluding hydrogens is 314 g/mol. The highest BCUT2D eigenvalue weighted by atomic mass is 16.6. The van der Waals surface area contributed by atoms with E-state index >= 15 is 0 Å². The van der Waals surface area contributed by atoms with Crippen molar-refractivity contribution in [2.24, 2.45) is 0 Å². The van der Waals surface area contributed by atoms with Crippen molar-refractivity contribution >= 4 is 11.6 Å². The molecule has 0 bridgehead atoms. The van der Waals surface area contributed by atoms with Crippen LogP contribution in [0.15, 0.2) is 78.9 Å². The molecular formula is C21H17NO3. The van der Waals surface area contributed by atoms with Crippen LogP contribution in [0.4, 0.5) is 5.69 Å². The summed E-state index contributed by atoms with van der Waals surface area (Å²) in [5.41, 5.74) is 2.76. The maximum atomic E-state index is 12.6. The Balaban J connectivity index is 1.55. The van der Waals surface area contributed by atoms with Crippen LogP contribution in [0, 0.1) is 0 Å². The summed E-state index contributed by atoms with van der Waals surface area (Å²) in [7, 11) is 0. The van der Waals surface area contributed by atoms with Crippen molar-refractivity contribution in [3.63, 3.8) is 0 Å². The Kier molecular flexibility index (Phi) is 4.09. The van der Waals surface area contributed by atoms with E-state index in [1.165, 1.54) is 0 Å². The third-order valence-corrected chi connectivity index (χ3v) is 4.07. The summed E-state index contributed by atoms with van der Waals surface area (Å²) in [5.74, 6) is 1.03. The highest BCUT2D eigenvalue weighted by Crippen LogP contribution is 2.32. The van der Waals surface area contributed by atoms with Crippen molar-refractivity contribution in [1.82, 2.24) is 0 Å². The predicted molar refractivity (Wildman–Crippen MR) is 96.9 cm³/mol.